The molecule has 0 bridgehead atoms. The highest BCUT2D eigenvalue weighted by Crippen LogP contribution is 2.39. The topological polar surface area (TPSA) is 37.0 Å². The summed E-state index contributed by atoms with van der Waals surface area (Å²) in [5.74, 6) is -0.348. The Bertz CT molecular complexity index is 914. The number of allylic oxidation sites excluding steroid dienone is 1. The molecule has 0 aromatic heterocycles. The van der Waals surface area contributed by atoms with Crippen LogP contribution in [0.25, 0.3) is 22.1 Å². The van der Waals surface area contributed by atoms with Crippen LogP contribution in [-0.2, 0) is 5.11 Å². The molecule has 0 saturated heterocycles. The van der Waals surface area contributed by atoms with Gasteiger partial charge in [-0.3, -0.25) is 9.90 Å². The predicted octanol–water partition coefficient (Wildman–Crippen LogP) is 4.33. The number of hydrogen-bond acceptors (Lipinski definition) is 1. The molecular formula is C19H11O2. The van der Waals surface area contributed by atoms with Crippen molar-refractivity contribution in [1.29, 1.82) is 0 Å². The molecule has 3 aromatic rings. The first kappa shape index (κ1) is 11.9. The van der Waals surface area contributed by atoms with Crippen molar-refractivity contribution in [3.05, 3.63) is 83.4 Å². The molecule has 1 aliphatic rings. The van der Waals surface area contributed by atoms with Gasteiger partial charge in [-0.1, -0.05) is 66.7 Å². The Kier molecular flexibility index (Phi) is 2.45. The van der Waals surface area contributed by atoms with E-state index in [1.54, 1.807) is 24.3 Å². The van der Waals surface area contributed by atoms with Crippen molar-refractivity contribution in [2.45, 2.75) is 0 Å². The first-order chi connectivity index (χ1) is 10.3. The zero-order valence-corrected chi connectivity index (χ0v) is 11.2. The molecule has 3 aromatic carbocycles. The van der Waals surface area contributed by atoms with Gasteiger partial charge in [0, 0.05) is 11.1 Å². The minimum Gasteiger partial charge on any atom is -0.288 e. The second-order valence-electron chi connectivity index (χ2n) is 5.11. The van der Waals surface area contributed by atoms with Gasteiger partial charge in [-0.2, -0.15) is 0 Å². The van der Waals surface area contributed by atoms with Crippen molar-refractivity contribution in [3.8, 4) is 0 Å². The molecular weight excluding hydrogens is 260 g/mol. The lowest BCUT2D eigenvalue weighted by atomic mass is 9.96. The average Bonchev–Trinajstić information content (AvgIpc) is 2.79. The van der Waals surface area contributed by atoms with Gasteiger partial charge in [0.2, 0.25) is 0 Å². The largest absolute Gasteiger partial charge is 0.288 e. The summed E-state index contributed by atoms with van der Waals surface area (Å²) in [5.41, 5.74) is 2.02. The molecule has 21 heavy (non-hydrogen) atoms. The number of fused-ring (bicyclic) bond motifs is 2. The minimum absolute atomic E-state index is 0.174. The molecule has 0 unspecified atom stereocenters. The Morgan fingerprint density at radius 3 is 2.05 bits per heavy atom. The number of Topliss-reactive ketones (excluding diaryl/α,β-unsaturated/α-hetero) is 1. The quantitative estimate of drug-likeness (QED) is 0.648. The van der Waals surface area contributed by atoms with E-state index < -0.39 is 0 Å². The molecule has 0 heterocycles. The Morgan fingerprint density at radius 1 is 0.619 bits per heavy atom. The molecule has 0 fully saturated rings. The Hall–Kier alpha value is -2.87. The Morgan fingerprint density at radius 2 is 1.24 bits per heavy atom. The standard InChI is InChI=1S/C19H11O2/c20-18-15-9-3-4-10-16(15)19(21)17(18)14-11-5-7-12-6-1-2-8-13(12)14/h1-11H. The van der Waals surface area contributed by atoms with Crippen LogP contribution >= 0.6 is 0 Å². The molecule has 2 heteroatoms. The molecule has 0 amide bonds. The molecule has 0 N–H and O–H groups in total. The van der Waals surface area contributed by atoms with Crippen molar-refractivity contribution in [2.24, 2.45) is 0 Å². The molecule has 0 spiro atoms. The monoisotopic (exact) mass is 271 g/mol. The smallest absolute Gasteiger partial charge is 0.198 e. The summed E-state index contributed by atoms with van der Waals surface area (Å²) in [5, 5.41) is 14.6. The van der Waals surface area contributed by atoms with E-state index in [-0.39, 0.29) is 17.1 Å². The maximum atomic E-state index is 12.6. The molecule has 0 atom stereocenters. The summed E-state index contributed by atoms with van der Waals surface area (Å²) in [6.07, 6.45) is 0. The van der Waals surface area contributed by atoms with Gasteiger partial charge in [0.1, 0.15) is 0 Å². The van der Waals surface area contributed by atoms with Crippen molar-refractivity contribution < 1.29 is 9.90 Å². The first-order valence-corrected chi connectivity index (χ1v) is 6.81. The summed E-state index contributed by atoms with van der Waals surface area (Å²) in [6, 6.07) is 20.5. The van der Waals surface area contributed by atoms with Crippen LogP contribution in [0.2, 0.25) is 0 Å². The lowest BCUT2D eigenvalue weighted by Crippen LogP contribution is -1.98. The van der Waals surface area contributed by atoms with Crippen LogP contribution in [-0.4, -0.2) is 5.78 Å². The number of rotatable bonds is 1. The third-order valence-corrected chi connectivity index (χ3v) is 3.93. The highest BCUT2D eigenvalue weighted by atomic mass is 16.3. The maximum Gasteiger partial charge on any atom is 0.198 e. The summed E-state index contributed by atoms with van der Waals surface area (Å²) < 4.78 is 0. The highest BCUT2D eigenvalue weighted by Gasteiger charge is 2.32. The van der Waals surface area contributed by atoms with Crippen LogP contribution in [0.5, 0.6) is 0 Å². The molecule has 2 nitrogen and oxygen atoms in total. The van der Waals surface area contributed by atoms with Gasteiger partial charge in [-0.05, 0) is 16.3 Å². The van der Waals surface area contributed by atoms with Gasteiger partial charge in [0.05, 0.1) is 5.57 Å². The molecule has 0 aliphatic heterocycles. The maximum absolute atomic E-state index is 12.6. The number of ketones is 1. The van der Waals surface area contributed by atoms with Gasteiger partial charge >= 0.3 is 0 Å². The lowest BCUT2D eigenvalue weighted by molar-refractivity contribution is 0.105. The summed E-state index contributed by atoms with van der Waals surface area (Å²) in [4.78, 5) is 12.6. The van der Waals surface area contributed by atoms with Crippen molar-refractivity contribution in [1.82, 2.24) is 0 Å². The third kappa shape index (κ3) is 1.62. The van der Waals surface area contributed by atoms with Crippen LogP contribution in [0.15, 0.2) is 66.7 Å². The Labute approximate surface area is 122 Å². The normalized spacial score (nSPS) is 13.8. The van der Waals surface area contributed by atoms with E-state index in [2.05, 4.69) is 0 Å². The molecule has 0 saturated carbocycles. The van der Waals surface area contributed by atoms with E-state index in [0.29, 0.717) is 11.1 Å². The fraction of sp³-hybridized carbons (Fsp3) is 0. The first-order valence-electron chi connectivity index (χ1n) is 6.81. The van der Waals surface area contributed by atoms with Crippen LogP contribution in [0.3, 0.4) is 0 Å². The number of hydrogen-bond donors (Lipinski definition) is 0. The summed E-state index contributed by atoms with van der Waals surface area (Å²) >= 11 is 0. The van der Waals surface area contributed by atoms with Gasteiger partial charge < -0.3 is 0 Å². The van der Waals surface area contributed by atoms with Crippen molar-refractivity contribution in [2.75, 3.05) is 0 Å². The highest BCUT2D eigenvalue weighted by molar-refractivity contribution is 6.40. The summed E-state index contributed by atoms with van der Waals surface area (Å²) in [7, 11) is 0. The average molecular weight is 271 g/mol. The van der Waals surface area contributed by atoms with E-state index in [0.717, 1.165) is 16.3 Å². The van der Waals surface area contributed by atoms with E-state index in [1.807, 2.05) is 42.5 Å². The van der Waals surface area contributed by atoms with Gasteiger partial charge in [0.15, 0.2) is 11.5 Å². The molecule has 4 rings (SSSR count). The van der Waals surface area contributed by atoms with E-state index in [1.165, 1.54) is 0 Å². The second kappa shape index (κ2) is 4.32. The van der Waals surface area contributed by atoms with Crippen molar-refractivity contribution in [3.63, 3.8) is 0 Å². The number of carbonyl (C=O) groups is 1. The van der Waals surface area contributed by atoms with Crippen LogP contribution in [0.1, 0.15) is 21.5 Å². The van der Waals surface area contributed by atoms with Gasteiger partial charge in [0.25, 0.3) is 0 Å². The Balaban J connectivity index is 2.03. The predicted molar refractivity (Wildman–Crippen MR) is 82.2 cm³/mol. The van der Waals surface area contributed by atoms with Crippen LogP contribution in [0, 0.1) is 0 Å². The van der Waals surface area contributed by atoms with Crippen LogP contribution < -0.4 is 0 Å². The lowest BCUT2D eigenvalue weighted by Gasteiger charge is -2.06. The van der Waals surface area contributed by atoms with E-state index in [9.17, 15) is 9.90 Å². The van der Waals surface area contributed by atoms with E-state index in [4.69, 9.17) is 0 Å². The fourth-order valence-electron chi connectivity index (χ4n) is 2.94. The van der Waals surface area contributed by atoms with E-state index >= 15 is 0 Å². The minimum atomic E-state index is -0.174. The second-order valence-corrected chi connectivity index (χ2v) is 5.11. The zero-order chi connectivity index (χ0) is 14.4. The number of benzene rings is 3. The molecule has 99 valence electrons. The van der Waals surface area contributed by atoms with Crippen LogP contribution in [0.4, 0.5) is 0 Å². The third-order valence-electron chi connectivity index (χ3n) is 3.93. The van der Waals surface area contributed by atoms with Gasteiger partial charge in [-0.15, -0.1) is 0 Å². The SMILES string of the molecule is [O]C1=C(c2cccc3ccccc23)C(=O)c2ccccc21. The van der Waals surface area contributed by atoms with Crippen molar-refractivity contribution >= 4 is 27.9 Å². The molecule has 1 aliphatic carbocycles. The zero-order valence-electron chi connectivity index (χ0n) is 11.2. The molecule has 1 radical (unpaired) electrons. The number of carbonyl (C=O) groups excluding carboxylic acids is 1. The fourth-order valence-corrected chi connectivity index (χ4v) is 2.94. The van der Waals surface area contributed by atoms with Gasteiger partial charge in [-0.25, -0.2) is 0 Å². The summed E-state index contributed by atoms with van der Waals surface area (Å²) in [6.45, 7) is 0.